The second-order valence-corrected chi connectivity index (χ2v) is 8.77. The van der Waals surface area contributed by atoms with E-state index in [0.29, 0.717) is 12.1 Å². The van der Waals surface area contributed by atoms with Gasteiger partial charge in [0.05, 0.1) is 6.54 Å². The van der Waals surface area contributed by atoms with E-state index in [-0.39, 0.29) is 30.5 Å². The first-order valence-electron chi connectivity index (χ1n) is 10.7. The molecule has 7 nitrogen and oxygen atoms in total. The van der Waals surface area contributed by atoms with Crippen LogP contribution < -0.4 is 10.2 Å². The zero-order valence-corrected chi connectivity index (χ0v) is 17.9. The van der Waals surface area contributed by atoms with Crippen LogP contribution >= 0.6 is 0 Å². The minimum absolute atomic E-state index is 0.117. The number of hydrogen-bond donors (Lipinski definition) is 1. The molecule has 0 radical (unpaired) electrons. The zero-order chi connectivity index (χ0) is 22.6. The summed E-state index contributed by atoms with van der Waals surface area (Å²) in [6, 6.07) is 11.4. The summed E-state index contributed by atoms with van der Waals surface area (Å²) in [7, 11) is 1.65. The average molecular weight is 441 g/mol. The maximum Gasteiger partial charge on any atom is 0.328 e. The summed E-state index contributed by atoms with van der Waals surface area (Å²) in [5, 5.41) is 3.43. The summed E-state index contributed by atoms with van der Waals surface area (Å²) in [6.07, 6.45) is -0.829. The van der Waals surface area contributed by atoms with Crippen molar-refractivity contribution in [3.05, 3.63) is 65.7 Å². The molecule has 3 aliphatic heterocycles. The number of carbonyl (C=O) groups excluding carboxylic acids is 2. The van der Waals surface area contributed by atoms with Gasteiger partial charge in [0.2, 0.25) is 0 Å². The molecule has 2 aromatic rings. The van der Waals surface area contributed by atoms with E-state index < -0.39 is 24.1 Å². The van der Waals surface area contributed by atoms with Crippen molar-refractivity contribution < 1.29 is 18.4 Å². The minimum Gasteiger partial charge on any atom is -0.343 e. The van der Waals surface area contributed by atoms with Crippen LogP contribution in [-0.2, 0) is 11.3 Å². The molecule has 0 aliphatic carbocycles. The monoisotopic (exact) mass is 441 g/mol. The van der Waals surface area contributed by atoms with Crippen LogP contribution in [0.2, 0.25) is 0 Å². The number of urea groups is 1. The van der Waals surface area contributed by atoms with Gasteiger partial charge < -0.3 is 9.80 Å². The van der Waals surface area contributed by atoms with E-state index in [1.54, 1.807) is 37.4 Å². The smallest absolute Gasteiger partial charge is 0.328 e. The lowest BCUT2D eigenvalue weighted by Gasteiger charge is -2.46. The van der Waals surface area contributed by atoms with E-state index in [9.17, 15) is 18.4 Å². The molecule has 0 spiro atoms. The molecule has 3 amide bonds. The highest BCUT2D eigenvalue weighted by Crippen LogP contribution is 2.35. The van der Waals surface area contributed by atoms with Crippen molar-refractivity contribution in [1.82, 2.24) is 20.0 Å². The van der Waals surface area contributed by atoms with Gasteiger partial charge in [-0.25, -0.2) is 13.6 Å². The molecule has 3 saturated heterocycles. The van der Waals surface area contributed by atoms with Gasteiger partial charge in [0.25, 0.3) is 5.91 Å². The molecule has 5 rings (SSSR count). The van der Waals surface area contributed by atoms with Crippen LogP contribution in [0.3, 0.4) is 0 Å². The van der Waals surface area contributed by atoms with Crippen molar-refractivity contribution in [1.29, 1.82) is 0 Å². The molecule has 168 valence electrons. The molecule has 4 atom stereocenters. The van der Waals surface area contributed by atoms with Crippen molar-refractivity contribution in [2.24, 2.45) is 5.92 Å². The van der Waals surface area contributed by atoms with Gasteiger partial charge >= 0.3 is 6.03 Å². The first-order chi connectivity index (χ1) is 15.3. The average Bonchev–Trinajstić information content (AvgIpc) is 3.16. The third kappa shape index (κ3) is 3.32. The first kappa shape index (κ1) is 20.8. The normalized spacial score (nSPS) is 28.2. The standard InChI is InChI=1S/C23H25F2N5O2/c1-14-11-28(17-9-7-16(24)8-10-17)22-26-20-19(29(22)12-14)21(31)30(23(32)27(20)2)13-15-5-3-4-6-18(15)25/h3-10,14,19-20,22,26H,11-13H2,1-2H3. The number of anilines is 1. The Labute approximate surface area is 185 Å². The molecule has 32 heavy (non-hydrogen) atoms. The maximum atomic E-state index is 14.2. The van der Waals surface area contributed by atoms with Crippen molar-refractivity contribution in [2.75, 3.05) is 25.0 Å². The fraction of sp³-hybridized carbons (Fsp3) is 0.391. The molecule has 0 saturated carbocycles. The summed E-state index contributed by atoms with van der Waals surface area (Å²) in [5.41, 5.74) is 1.13. The number of likely N-dealkylation sites (N-methyl/N-ethyl adjacent to an activating group) is 1. The van der Waals surface area contributed by atoms with Crippen molar-refractivity contribution in [3.63, 3.8) is 0 Å². The van der Waals surface area contributed by atoms with E-state index in [1.165, 1.54) is 23.1 Å². The zero-order valence-electron chi connectivity index (χ0n) is 17.9. The third-order valence-electron chi connectivity index (χ3n) is 6.53. The fourth-order valence-corrected chi connectivity index (χ4v) is 4.99. The van der Waals surface area contributed by atoms with Gasteiger partial charge in [0, 0.05) is 31.4 Å². The Kier molecular flexibility index (Phi) is 5.10. The SMILES string of the molecule is CC1CN(c2ccc(F)cc2)C2NC3C(C(=O)N(Cc4ccccc4F)C(=O)N3C)N2C1. The number of rotatable bonds is 3. The number of amides is 3. The van der Waals surface area contributed by atoms with Gasteiger partial charge in [-0.3, -0.25) is 19.9 Å². The van der Waals surface area contributed by atoms with Crippen LogP contribution in [0.25, 0.3) is 0 Å². The van der Waals surface area contributed by atoms with E-state index in [2.05, 4.69) is 22.0 Å². The van der Waals surface area contributed by atoms with E-state index in [0.717, 1.165) is 17.1 Å². The number of nitrogens with one attached hydrogen (secondary N) is 1. The van der Waals surface area contributed by atoms with Crippen molar-refractivity contribution in [3.8, 4) is 0 Å². The Balaban J connectivity index is 1.46. The van der Waals surface area contributed by atoms with Crippen LogP contribution in [0, 0.1) is 17.6 Å². The predicted molar refractivity (Wildman–Crippen MR) is 114 cm³/mol. The van der Waals surface area contributed by atoms with E-state index in [1.807, 2.05) is 0 Å². The highest BCUT2D eigenvalue weighted by molar-refractivity contribution is 6.00. The number of hydrogen-bond acceptors (Lipinski definition) is 5. The summed E-state index contributed by atoms with van der Waals surface area (Å²) in [5.74, 6) is -0.862. The number of halogens is 2. The number of nitrogens with zero attached hydrogens (tertiary/aromatic N) is 4. The molecule has 3 heterocycles. The molecular weight excluding hydrogens is 416 g/mol. The van der Waals surface area contributed by atoms with Crippen LogP contribution in [0.1, 0.15) is 12.5 Å². The Hall–Kier alpha value is -3.04. The van der Waals surface area contributed by atoms with Gasteiger partial charge in [0.15, 0.2) is 0 Å². The lowest BCUT2D eigenvalue weighted by Crippen LogP contribution is -2.66. The molecular formula is C23H25F2N5O2. The summed E-state index contributed by atoms with van der Waals surface area (Å²) >= 11 is 0. The van der Waals surface area contributed by atoms with Crippen LogP contribution in [-0.4, -0.2) is 65.3 Å². The van der Waals surface area contributed by atoms with Crippen molar-refractivity contribution >= 4 is 17.6 Å². The van der Waals surface area contributed by atoms with Crippen molar-refractivity contribution in [2.45, 2.75) is 32.0 Å². The van der Waals surface area contributed by atoms with Crippen LogP contribution in [0.15, 0.2) is 48.5 Å². The Morgan fingerprint density at radius 1 is 1.03 bits per heavy atom. The fourth-order valence-electron chi connectivity index (χ4n) is 4.99. The summed E-state index contributed by atoms with van der Waals surface area (Å²) in [4.78, 5) is 33.4. The lowest BCUT2D eigenvalue weighted by atomic mass is 10.0. The topological polar surface area (TPSA) is 59.1 Å². The number of fused-ring (bicyclic) bond motifs is 3. The Morgan fingerprint density at radius 2 is 1.75 bits per heavy atom. The van der Waals surface area contributed by atoms with Gasteiger partial charge in [-0.2, -0.15) is 0 Å². The Morgan fingerprint density at radius 3 is 2.47 bits per heavy atom. The second-order valence-electron chi connectivity index (χ2n) is 8.77. The van der Waals surface area contributed by atoms with E-state index in [4.69, 9.17) is 0 Å². The van der Waals surface area contributed by atoms with Gasteiger partial charge in [-0.1, -0.05) is 25.1 Å². The van der Waals surface area contributed by atoms with E-state index >= 15 is 0 Å². The molecule has 3 aliphatic rings. The van der Waals surface area contributed by atoms with Gasteiger partial charge in [0.1, 0.15) is 30.1 Å². The molecule has 0 bridgehead atoms. The largest absolute Gasteiger partial charge is 0.343 e. The van der Waals surface area contributed by atoms with Gasteiger partial charge in [-0.05, 0) is 36.2 Å². The number of imide groups is 1. The number of benzene rings is 2. The lowest BCUT2D eigenvalue weighted by molar-refractivity contribution is -0.139. The second kappa shape index (κ2) is 7.83. The minimum atomic E-state index is -0.597. The quantitative estimate of drug-likeness (QED) is 0.793. The molecule has 0 aromatic heterocycles. The first-order valence-corrected chi connectivity index (χ1v) is 10.7. The maximum absolute atomic E-state index is 14.2. The Bertz CT molecular complexity index is 1050. The molecule has 2 aromatic carbocycles. The van der Waals surface area contributed by atoms with Crippen LogP contribution in [0.5, 0.6) is 0 Å². The molecule has 4 unspecified atom stereocenters. The van der Waals surface area contributed by atoms with Crippen LogP contribution in [0.4, 0.5) is 19.3 Å². The molecule has 9 heteroatoms. The summed E-state index contributed by atoms with van der Waals surface area (Å²) < 4.78 is 27.7. The third-order valence-corrected chi connectivity index (χ3v) is 6.53. The number of carbonyl (C=O) groups is 2. The highest BCUT2D eigenvalue weighted by Gasteiger charge is 2.56. The molecule has 3 fully saturated rings. The molecule has 1 N–H and O–H groups in total. The highest BCUT2D eigenvalue weighted by atomic mass is 19.1. The predicted octanol–water partition coefficient (Wildman–Crippen LogP) is 2.40. The van der Waals surface area contributed by atoms with Gasteiger partial charge in [-0.15, -0.1) is 0 Å². The summed E-state index contributed by atoms with van der Waals surface area (Å²) in [6.45, 7) is 3.37.